The van der Waals surface area contributed by atoms with Crippen molar-refractivity contribution in [3.05, 3.63) is 83.0 Å². The Balaban J connectivity index is 1.58. The summed E-state index contributed by atoms with van der Waals surface area (Å²) in [7, 11) is 1.65. The van der Waals surface area contributed by atoms with Crippen molar-refractivity contribution in [1.82, 2.24) is 4.98 Å². The average molecular weight is 382 g/mol. The zero-order chi connectivity index (χ0) is 19.1. The van der Waals surface area contributed by atoms with Crippen molar-refractivity contribution in [3.63, 3.8) is 0 Å². The van der Waals surface area contributed by atoms with Gasteiger partial charge in [0.2, 0.25) is 0 Å². The number of hydrogen-bond donors (Lipinski definition) is 2. The molecule has 0 fully saturated rings. The molecular formula is C21H20ClN3O2. The summed E-state index contributed by atoms with van der Waals surface area (Å²) in [5, 5.41) is 6.55. The fourth-order valence-corrected chi connectivity index (χ4v) is 2.74. The second-order valence-electron chi connectivity index (χ2n) is 5.89. The SMILES string of the molecule is COc1ccc(CCNc2cc(C(=O)Nc3ccccc3Cl)ccn2)cc1. The number of methoxy groups -OCH3 is 1. The number of amides is 1. The molecule has 0 saturated carbocycles. The van der Waals surface area contributed by atoms with Crippen LogP contribution in [0.2, 0.25) is 5.02 Å². The van der Waals surface area contributed by atoms with Crippen molar-refractivity contribution < 1.29 is 9.53 Å². The lowest BCUT2D eigenvalue weighted by Crippen LogP contribution is -2.13. The van der Waals surface area contributed by atoms with Gasteiger partial charge in [-0.1, -0.05) is 35.9 Å². The first-order valence-electron chi connectivity index (χ1n) is 8.54. The molecule has 0 saturated heterocycles. The van der Waals surface area contributed by atoms with Gasteiger partial charge in [-0.3, -0.25) is 4.79 Å². The van der Waals surface area contributed by atoms with Crippen molar-refractivity contribution in [3.8, 4) is 5.75 Å². The molecule has 2 aromatic carbocycles. The molecule has 138 valence electrons. The Morgan fingerprint density at radius 2 is 1.89 bits per heavy atom. The van der Waals surface area contributed by atoms with E-state index in [1.54, 1.807) is 37.6 Å². The number of carbonyl (C=O) groups is 1. The minimum absolute atomic E-state index is 0.233. The minimum atomic E-state index is -0.233. The number of carbonyl (C=O) groups excluding carboxylic acids is 1. The summed E-state index contributed by atoms with van der Waals surface area (Å²) in [5.41, 5.74) is 2.28. The Labute approximate surface area is 163 Å². The number of anilines is 2. The maximum Gasteiger partial charge on any atom is 0.255 e. The third-order valence-electron chi connectivity index (χ3n) is 4.02. The predicted octanol–water partition coefficient (Wildman–Crippen LogP) is 4.65. The summed E-state index contributed by atoms with van der Waals surface area (Å²) in [4.78, 5) is 16.7. The molecule has 2 N–H and O–H groups in total. The first-order chi connectivity index (χ1) is 13.2. The maximum atomic E-state index is 12.4. The van der Waals surface area contributed by atoms with E-state index >= 15 is 0 Å². The summed E-state index contributed by atoms with van der Waals surface area (Å²) < 4.78 is 5.16. The molecule has 27 heavy (non-hydrogen) atoms. The molecule has 0 aliphatic rings. The lowest BCUT2D eigenvalue weighted by molar-refractivity contribution is 0.102. The molecule has 0 unspecified atom stereocenters. The monoisotopic (exact) mass is 381 g/mol. The fourth-order valence-electron chi connectivity index (χ4n) is 2.55. The van der Waals surface area contributed by atoms with E-state index in [0.717, 1.165) is 12.2 Å². The molecule has 1 heterocycles. The Hall–Kier alpha value is -3.05. The van der Waals surface area contributed by atoms with Crippen LogP contribution in [0.3, 0.4) is 0 Å². The van der Waals surface area contributed by atoms with Crippen LogP contribution in [0.5, 0.6) is 5.75 Å². The highest BCUT2D eigenvalue weighted by Gasteiger charge is 2.09. The quantitative estimate of drug-likeness (QED) is 0.625. The van der Waals surface area contributed by atoms with Crippen LogP contribution in [0.1, 0.15) is 15.9 Å². The van der Waals surface area contributed by atoms with Crippen molar-refractivity contribution in [2.24, 2.45) is 0 Å². The molecule has 0 radical (unpaired) electrons. The Morgan fingerprint density at radius 3 is 2.63 bits per heavy atom. The first kappa shape index (κ1) is 18.7. The second kappa shape index (κ2) is 9.05. The van der Waals surface area contributed by atoms with Gasteiger partial charge in [0.1, 0.15) is 11.6 Å². The Morgan fingerprint density at radius 1 is 1.11 bits per heavy atom. The van der Waals surface area contributed by atoms with Gasteiger partial charge in [0, 0.05) is 18.3 Å². The lowest BCUT2D eigenvalue weighted by Gasteiger charge is -2.09. The number of aromatic nitrogens is 1. The largest absolute Gasteiger partial charge is 0.497 e. The predicted molar refractivity (Wildman–Crippen MR) is 109 cm³/mol. The van der Waals surface area contributed by atoms with Crippen molar-refractivity contribution in [2.75, 3.05) is 24.3 Å². The zero-order valence-electron chi connectivity index (χ0n) is 14.9. The smallest absolute Gasteiger partial charge is 0.255 e. The number of rotatable bonds is 7. The summed E-state index contributed by atoms with van der Waals surface area (Å²) in [6, 6.07) is 18.4. The fraction of sp³-hybridized carbons (Fsp3) is 0.143. The van der Waals surface area contributed by atoms with E-state index in [2.05, 4.69) is 15.6 Å². The molecule has 1 amide bonds. The van der Waals surface area contributed by atoms with E-state index in [9.17, 15) is 4.79 Å². The van der Waals surface area contributed by atoms with Gasteiger partial charge in [-0.05, 0) is 48.4 Å². The van der Waals surface area contributed by atoms with Gasteiger partial charge in [-0.25, -0.2) is 4.98 Å². The Bertz CT molecular complexity index is 913. The van der Waals surface area contributed by atoms with Crippen LogP contribution in [0, 0.1) is 0 Å². The van der Waals surface area contributed by atoms with Gasteiger partial charge in [-0.2, -0.15) is 0 Å². The third-order valence-corrected chi connectivity index (χ3v) is 4.35. The van der Waals surface area contributed by atoms with Gasteiger partial charge in [0.25, 0.3) is 5.91 Å². The molecule has 0 atom stereocenters. The average Bonchev–Trinajstić information content (AvgIpc) is 2.70. The van der Waals surface area contributed by atoms with E-state index in [1.807, 2.05) is 36.4 Å². The summed E-state index contributed by atoms with van der Waals surface area (Å²) in [6.45, 7) is 0.703. The lowest BCUT2D eigenvalue weighted by atomic mass is 10.1. The van der Waals surface area contributed by atoms with Gasteiger partial charge >= 0.3 is 0 Å². The Kier molecular flexibility index (Phi) is 6.28. The van der Waals surface area contributed by atoms with Crippen LogP contribution in [0.25, 0.3) is 0 Å². The molecule has 0 bridgehead atoms. The first-order valence-corrected chi connectivity index (χ1v) is 8.92. The molecule has 5 nitrogen and oxygen atoms in total. The van der Waals surface area contributed by atoms with E-state index < -0.39 is 0 Å². The van der Waals surface area contributed by atoms with Gasteiger partial charge in [0.05, 0.1) is 17.8 Å². The molecule has 0 spiro atoms. The van der Waals surface area contributed by atoms with Crippen LogP contribution in [0.15, 0.2) is 66.9 Å². The molecule has 3 rings (SSSR count). The highest BCUT2D eigenvalue weighted by molar-refractivity contribution is 6.33. The number of benzene rings is 2. The van der Waals surface area contributed by atoms with Gasteiger partial charge in [-0.15, -0.1) is 0 Å². The summed E-state index contributed by atoms with van der Waals surface area (Å²) in [5.74, 6) is 1.25. The van der Waals surface area contributed by atoms with Crippen LogP contribution in [-0.4, -0.2) is 24.5 Å². The van der Waals surface area contributed by atoms with Gasteiger partial charge < -0.3 is 15.4 Å². The zero-order valence-corrected chi connectivity index (χ0v) is 15.7. The second-order valence-corrected chi connectivity index (χ2v) is 6.30. The molecule has 0 aliphatic carbocycles. The van der Waals surface area contributed by atoms with Crippen LogP contribution in [0.4, 0.5) is 11.5 Å². The van der Waals surface area contributed by atoms with Crippen LogP contribution in [-0.2, 0) is 6.42 Å². The van der Waals surface area contributed by atoms with Crippen LogP contribution < -0.4 is 15.4 Å². The van der Waals surface area contributed by atoms with Crippen molar-refractivity contribution in [1.29, 1.82) is 0 Å². The number of nitrogens with zero attached hydrogens (tertiary/aromatic N) is 1. The number of ether oxygens (including phenoxy) is 1. The molecule has 6 heteroatoms. The number of pyridine rings is 1. The van der Waals surface area contributed by atoms with E-state index in [0.29, 0.717) is 28.6 Å². The molecular weight excluding hydrogens is 362 g/mol. The van der Waals surface area contributed by atoms with E-state index in [1.165, 1.54) is 5.56 Å². The molecule has 1 aromatic heterocycles. The maximum absolute atomic E-state index is 12.4. The van der Waals surface area contributed by atoms with Crippen molar-refractivity contribution >= 4 is 29.0 Å². The molecule has 3 aromatic rings. The standard InChI is InChI=1S/C21H20ClN3O2/c1-27-17-8-6-15(7-9-17)10-12-23-20-14-16(11-13-24-20)21(26)25-19-5-3-2-4-18(19)22/h2-9,11,13-14H,10,12H2,1H3,(H,23,24)(H,25,26). The third kappa shape index (κ3) is 5.21. The minimum Gasteiger partial charge on any atom is -0.497 e. The normalized spacial score (nSPS) is 10.3. The number of halogens is 1. The summed E-state index contributed by atoms with van der Waals surface area (Å²) in [6.07, 6.45) is 2.44. The van der Waals surface area contributed by atoms with E-state index in [-0.39, 0.29) is 5.91 Å². The number of nitrogens with one attached hydrogen (secondary N) is 2. The highest BCUT2D eigenvalue weighted by Crippen LogP contribution is 2.21. The number of hydrogen-bond acceptors (Lipinski definition) is 4. The topological polar surface area (TPSA) is 63.2 Å². The van der Waals surface area contributed by atoms with Crippen molar-refractivity contribution in [2.45, 2.75) is 6.42 Å². The van der Waals surface area contributed by atoms with Gasteiger partial charge in [0.15, 0.2) is 0 Å². The van der Waals surface area contributed by atoms with Crippen LogP contribution >= 0.6 is 11.6 Å². The van der Waals surface area contributed by atoms with E-state index in [4.69, 9.17) is 16.3 Å². The molecule has 0 aliphatic heterocycles. The summed E-state index contributed by atoms with van der Waals surface area (Å²) >= 11 is 6.09. The number of para-hydroxylation sites is 1. The highest BCUT2D eigenvalue weighted by atomic mass is 35.5.